The summed E-state index contributed by atoms with van der Waals surface area (Å²) in [7, 11) is 3.76. The molecule has 0 saturated heterocycles. The van der Waals surface area contributed by atoms with E-state index in [0.717, 1.165) is 16.6 Å². The molecule has 0 aliphatic carbocycles. The molecule has 0 saturated carbocycles. The molecule has 3 rings (SSSR count). The molecule has 0 bridgehead atoms. The van der Waals surface area contributed by atoms with Crippen LogP contribution in [0.2, 0.25) is 0 Å². The summed E-state index contributed by atoms with van der Waals surface area (Å²) in [6.45, 7) is 5.48. The first-order valence-corrected chi connectivity index (χ1v) is 11.4. The zero-order chi connectivity index (χ0) is 24.3. The Morgan fingerprint density at radius 1 is 1.27 bits per heavy atom. The molecule has 174 valence electrons. The molecule has 1 N–H and O–H groups in total. The second-order valence-electron chi connectivity index (χ2n) is 8.02. The number of anilines is 1. The van der Waals surface area contributed by atoms with Gasteiger partial charge in [0.15, 0.2) is 6.10 Å². The summed E-state index contributed by atoms with van der Waals surface area (Å²) in [5.74, 6) is -0.163. The van der Waals surface area contributed by atoms with Crippen molar-refractivity contribution in [2.45, 2.75) is 39.2 Å². The molecule has 8 nitrogen and oxygen atoms in total. The number of ether oxygens (including phenoxy) is 1. The van der Waals surface area contributed by atoms with Gasteiger partial charge in [0.05, 0.1) is 17.1 Å². The number of fused-ring (bicyclic) bond motifs is 1. The molecule has 0 spiro atoms. The first-order chi connectivity index (χ1) is 15.6. The lowest BCUT2D eigenvalue weighted by Gasteiger charge is -2.18. The van der Waals surface area contributed by atoms with Gasteiger partial charge in [-0.05, 0) is 43.7 Å². The molecule has 0 radical (unpaired) electrons. The minimum atomic E-state index is -1.08. The Morgan fingerprint density at radius 3 is 2.64 bits per heavy atom. The first kappa shape index (κ1) is 24.4. The van der Waals surface area contributed by atoms with E-state index >= 15 is 0 Å². The number of aromatic nitrogens is 2. The highest BCUT2D eigenvalue weighted by atomic mass is 79.9. The average Bonchev–Trinajstić information content (AvgIpc) is 2.78. The van der Waals surface area contributed by atoms with Gasteiger partial charge in [0.1, 0.15) is 11.6 Å². The molecular formula is C24H27BrN4O4. The summed E-state index contributed by atoms with van der Waals surface area (Å²) in [5.41, 5.74) is 1.72. The van der Waals surface area contributed by atoms with Crippen molar-refractivity contribution in [3.8, 4) is 5.75 Å². The summed E-state index contributed by atoms with van der Waals surface area (Å²) in [6.07, 6.45) is 1.24. The van der Waals surface area contributed by atoms with Crippen LogP contribution in [-0.2, 0) is 4.79 Å². The minimum Gasteiger partial charge on any atom is -0.479 e. The Balaban J connectivity index is 2.15. The Labute approximate surface area is 200 Å². The van der Waals surface area contributed by atoms with Crippen molar-refractivity contribution in [2.24, 2.45) is 5.10 Å². The van der Waals surface area contributed by atoms with Crippen molar-refractivity contribution in [1.29, 1.82) is 0 Å². The number of nitrogens with zero attached hydrogens (tertiary/aromatic N) is 4. The zero-order valence-electron chi connectivity index (χ0n) is 19.2. The minimum absolute atomic E-state index is 0.00164. The van der Waals surface area contributed by atoms with Crippen molar-refractivity contribution < 1.29 is 14.6 Å². The van der Waals surface area contributed by atoms with Gasteiger partial charge in [0.25, 0.3) is 5.56 Å². The number of hydrogen-bond donors (Lipinski definition) is 1. The maximum atomic E-state index is 13.3. The number of halogens is 1. The van der Waals surface area contributed by atoms with Gasteiger partial charge in [-0.15, -0.1) is 0 Å². The lowest BCUT2D eigenvalue weighted by Crippen LogP contribution is -2.24. The maximum Gasteiger partial charge on any atom is 0.344 e. The van der Waals surface area contributed by atoms with E-state index in [0.29, 0.717) is 28.0 Å². The van der Waals surface area contributed by atoms with E-state index in [1.807, 2.05) is 45.0 Å². The molecular weight excluding hydrogens is 488 g/mol. The topological polar surface area (TPSA) is 97.0 Å². The number of rotatable bonds is 8. The quantitative estimate of drug-likeness (QED) is 0.445. The number of carbonyl (C=O) groups is 1. The standard InChI is InChI=1S/C24H27BrN4O4/c1-6-14(2)22-27-20-10-8-17(25)11-19(20)23(30)29(22)26-13-16-7-9-18(28(4)5)12-21(16)33-15(3)24(31)32/h7-15H,6H2,1-5H3,(H,31,32)/t14-,15+/m1/s1. The third kappa shape index (κ3) is 5.42. The van der Waals surface area contributed by atoms with Crippen LogP contribution in [0.15, 0.2) is 50.8 Å². The van der Waals surface area contributed by atoms with E-state index in [2.05, 4.69) is 21.0 Å². The normalized spacial score (nSPS) is 13.3. The van der Waals surface area contributed by atoms with Crippen LogP contribution < -0.4 is 15.2 Å². The van der Waals surface area contributed by atoms with Crippen molar-refractivity contribution in [3.63, 3.8) is 0 Å². The highest BCUT2D eigenvalue weighted by molar-refractivity contribution is 9.10. The van der Waals surface area contributed by atoms with E-state index in [1.54, 1.807) is 24.3 Å². The van der Waals surface area contributed by atoms with E-state index < -0.39 is 12.1 Å². The summed E-state index contributed by atoms with van der Waals surface area (Å²) >= 11 is 3.41. The fourth-order valence-electron chi connectivity index (χ4n) is 3.15. The summed E-state index contributed by atoms with van der Waals surface area (Å²) in [5, 5.41) is 14.2. The third-order valence-corrected chi connectivity index (χ3v) is 5.86. The SMILES string of the molecule is CC[C@@H](C)c1nc2ccc(Br)cc2c(=O)n1N=Cc1ccc(N(C)C)cc1O[C@@H](C)C(=O)O. The second kappa shape index (κ2) is 10.2. The third-order valence-electron chi connectivity index (χ3n) is 5.36. The first-order valence-electron chi connectivity index (χ1n) is 10.6. The molecule has 2 aromatic carbocycles. The lowest BCUT2D eigenvalue weighted by molar-refractivity contribution is -0.144. The molecule has 0 amide bonds. The van der Waals surface area contributed by atoms with Gasteiger partial charge >= 0.3 is 5.97 Å². The van der Waals surface area contributed by atoms with Crippen LogP contribution in [0.4, 0.5) is 5.69 Å². The van der Waals surface area contributed by atoms with E-state index in [1.165, 1.54) is 17.8 Å². The molecule has 0 unspecified atom stereocenters. The Morgan fingerprint density at radius 2 is 2.00 bits per heavy atom. The second-order valence-corrected chi connectivity index (χ2v) is 8.93. The summed E-state index contributed by atoms with van der Waals surface area (Å²) < 4.78 is 7.76. The molecule has 0 aliphatic heterocycles. The molecule has 33 heavy (non-hydrogen) atoms. The smallest absolute Gasteiger partial charge is 0.344 e. The predicted octanol–water partition coefficient (Wildman–Crippen LogP) is 4.47. The maximum absolute atomic E-state index is 13.3. The summed E-state index contributed by atoms with van der Waals surface area (Å²) in [6, 6.07) is 10.8. The van der Waals surface area contributed by atoms with Crippen LogP contribution in [0, 0.1) is 0 Å². The highest BCUT2D eigenvalue weighted by Crippen LogP contribution is 2.26. The molecule has 1 aromatic heterocycles. The number of hydrogen-bond acceptors (Lipinski definition) is 6. The molecule has 0 aliphatic rings. The van der Waals surface area contributed by atoms with Gasteiger partial charge in [-0.2, -0.15) is 9.78 Å². The molecule has 1 heterocycles. The van der Waals surface area contributed by atoms with Crippen LogP contribution in [0.3, 0.4) is 0 Å². The van der Waals surface area contributed by atoms with Crippen molar-refractivity contribution in [1.82, 2.24) is 9.66 Å². The molecule has 3 aromatic rings. The van der Waals surface area contributed by atoms with Gasteiger partial charge in [0.2, 0.25) is 0 Å². The number of benzene rings is 2. The Bertz CT molecular complexity index is 1270. The summed E-state index contributed by atoms with van der Waals surface area (Å²) in [4.78, 5) is 31.2. The van der Waals surface area contributed by atoms with Crippen molar-refractivity contribution in [3.05, 3.63) is 62.6 Å². The van der Waals surface area contributed by atoms with Crippen LogP contribution in [0.1, 0.15) is 44.5 Å². The number of aliphatic carboxylic acids is 1. The monoisotopic (exact) mass is 514 g/mol. The lowest BCUT2D eigenvalue weighted by atomic mass is 10.1. The van der Waals surface area contributed by atoms with Crippen molar-refractivity contribution in [2.75, 3.05) is 19.0 Å². The average molecular weight is 515 g/mol. The zero-order valence-corrected chi connectivity index (χ0v) is 20.8. The van der Waals surface area contributed by atoms with E-state index in [-0.39, 0.29) is 11.5 Å². The van der Waals surface area contributed by atoms with Crippen LogP contribution >= 0.6 is 15.9 Å². The predicted molar refractivity (Wildman–Crippen MR) is 134 cm³/mol. The fraction of sp³-hybridized carbons (Fsp3) is 0.333. The van der Waals surface area contributed by atoms with Gasteiger partial charge < -0.3 is 14.7 Å². The van der Waals surface area contributed by atoms with Gasteiger partial charge in [-0.25, -0.2) is 9.78 Å². The van der Waals surface area contributed by atoms with Crippen molar-refractivity contribution >= 4 is 44.7 Å². The van der Waals surface area contributed by atoms with Gasteiger partial charge in [0, 0.05) is 41.8 Å². The Hall–Kier alpha value is -3.20. The van der Waals surface area contributed by atoms with Crippen LogP contribution in [-0.4, -0.2) is 47.1 Å². The number of carboxylic acid groups (broad SMARTS) is 1. The molecule has 2 atom stereocenters. The van der Waals surface area contributed by atoms with Crippen LogP contribution in [0.5, 0.6) is 5.75 Å². The van der Waals surface area contributed by atoms with Gasteiger partial charge in [-0.1, -0.05) is 29.8 Å². The fourth-order valence-corrected chi connectivity index (χ4v) is 3.51. The number of carboxylic acids is 1. The van der Waals surface area contributed by atoms with Gasteiger partial charge in [-0.3, -0.25) is 4.79 Å². The van der Waals surface area contributed by atoms with E-state index in [9.17, 15) is 14.7 Å². The molecule has 9 heteroatoms. The molecule has 0 fully saturated rings. The Kier molecular flexibility index (Phi) is 7.53. The highest BCUT2D eigenvalue weighted by Gasteiger charge is 2.17. The van der Waals surface area contributed by atoms with E-state index in [4.69, 9.17) is 9.72 Å². The van der Waals surface area contributed by atoms with Crippen LogP contribution in [0.25, 0.3) is 10.9 Å². The largest absolute Gasteiger partial charge is 0.479 e.